The highest BCUT2D eigenvalue weighted by atomic mass is 16.5. The molecule has 1 N–H and O–H groups in total. The lowest BCUT2D eigenvalue weighted by molar-refractivity contribution is -0.605. The second kappa shape index (κ2) is 5.83. The molecule has 0 radical (unpaired) electrons. The Balaban J connectivity index is 2.26. The number of anilines is 1. The van der Waals surface area contributed by atoms with E-state index in [9.17, 15) is 14.8 Å². The summed E-state index contributed by atoms with van der Waals surface area (Å²) < 4.78 is 5.17. The molecule has 2 rings (SSSR count). The molecule has 6 nitrogen and oxygen atoms in total. The molecule has 0 fully saturated rings. The molecule has 6 heteroatoms. The summed E-state index contributed by atoms with van der Waals surface area (Å²) in [4.78, 5) is 23.6. The van der Waals surface area contributed by atoms with Crippen molar-refractivity contribution in [1.29, 1.82) is 0 Å². The number of hydrogen-bond donors (Lipinski definition) is 1. The van der Waals surface area contributed by atoms with Crippen molar-refractivity contribution in [2.75, 3.05) is 12.4 Å². The molecule has 1 aromatic heterocycles. The predicted octanol–water partition coefficient (Wildman–Crippen LogP) is 1.36. The number of methoxy groups -OCH3 is 1. The van der Waals surface area contributed by atoms with Crippen molar-refractivity contribution in [1.82, 2.24) is 0 Å². The van der Waals surface area contributed by atoms with Crippen LogP contribution in [0.15, 0.2) is 48.8 Å². The van der Waals surface area contributed by atoms with Crippen molar-refractivity contribution in [2.45, 2.75) is 0 Å². The monoisotopic (exact) mass is 272 g/mol. The molecule has 0 saturated heterocycles. The average molecular weight is 272 g/mol. The fourth-order valence-corrected chi connectivity index (χ4v) is 1.66. The summed E-state index contributed by atoms with van der Waals surface area (Å²) in [6, 6.07) is 9.44. The number of pyridine rings is 1. The minimum Gasteiger partial charge on any atom is -0.619 e. The molecule has 0 aliphatic heterocycles. The number of aromatic nitrogens is 1. The van der Waals surface area contributed by atoms with Gasteiger partial charge in [0.05, 0.1) is 18.4 Å². The van der Waals surface area contributed by atoms with Crippen LogP contribution in [0, 0.1) is 5.21 Å². The van der Waals surface area contributed by atoms with Gasteiger partial charge in [0.1, 0.15) is 5.56 Å². The molecule has 0 spiro atoms. The van der Waals surface area contributed by atoms with Gasteiger partial charge < -0.3 is 15.3 Å². The van der Waals surface area contributed by atoms with Gasteiger partial charge in [0.15, 0.2) is 12.4 Å². The third-order valence-corrected chi connectivity index (χ3v) is 2.62. The Kier molecular flexibility index (Phi) is 3.95. The Morgan fingerprint density at radius 2 is 1.95 bits per heavy atom. The van der Waals surface area contributed by atoms with Crippen molar-refractivity contribution >= 4 is 17.6 Å². The first-order valence-electron chi connectivity index (χ1n) is 5.79. The minimum absolute atomic E-state index is 0.196. The van der Waals surface area contributed by atoms with Crippen molar-refractivity contribution in [3.05, 3.63) is 65.1 Å². The van der Waals surface area contributed by atoms with Crippen LogP contribution in [0.1, 0.15) is 20.7 Å². The SMILES string of the molecule is COC(=O)c1ccccc1NC(=O)c1ccc[n+]([O-])c1. The average Bonchev–Trinajstić information content (AvgIpc) is 2.47. The summed E-state index contributed by atoms with van der Waals surface area (Å²) in [5, 5.41) is 13.7. The van der Waals surface area contributed by atoms with E-state index in [1.807, 2.05) is 0 Å². The summed E-state index contributed by atoms with van der Waals surface area (Å²) in [5.74, 6) is -1.03. The van der Waals surface area contributed by atoms with E-state index in [0.29, 0.717) is 10.4 Å². The number of para-hydroxylation sites is 1. The molecule has 0 atom stereocenters. The number of carbonyl (C=O) groups is 2. The Hall–Kier alpha value is -2.89. The van der Waals surface area contributed by atoms with E-state index in [1.54, 1.807) is 24.3 Å². The van der Waals surface area contributed by atoms with Gasteiger partial charge in [0, 0.05) is 6.07 Å². The van der Waals surface area contributed by atoms with Gasteiger partial charge in [-0.2, -0.15) is 4.73 Å². The van der Waals surface area contributed by atoms with E-state index in [2.05, 4.69) is 10.1 Å². The molecular formula is C14H12N2O4. The standard InChI is InChI=1S/C14H12N2O4/c1-20-14(18)11-6-2-3-7-12(11)15-13(17)10-5-4-8-16(19)9-10/h2-9H,1H3,(H,15,17). The molecule has 1 heterocycles. The van der Waals surface area contributed by atoms with Gasteiger partial charge in [-0.05, 0) is 18.2 Å². The summed E-state index contributed by atoms with van der Waals surface area (Å²) >= 11 is 0. The second-order valence-electron chi connectivity index (χ2n) is 3.94. The first kappa shape index (κ1) is 13.5. The summed E-state index contributed by atoms with van der Waals surface area (Å²) in [7, 11) is 1.26. The van der Waals surface area contributed by atoms with Gasteiger partial charge in [-0.3, -0.25) is 4.79 Å². The number of carbonyl (C=O) groups excluding carboxylic acids is 2. The number of ether oxygens (including phenoxy) is 1. The van der Waals surface area contributed by atoms with Gasteiger partial charge in [-0.15, -0.1) is 0 Å². The first-order valence-corrected chi connectivity index (χ1v) is 5.79. The fourth-order valence-electron chi connectivity index (χ4n) is 1.66. The van der Waals surface area contributed by atoms with Crippen LogP contribution in [0.25, 0.3) is 0 Å². The molecule has 102 valence electrons. The topological polar surface area (TPSA) is 82.3 Å². The Morgan fingerprint density at radius 1 is 1.20 bits per heavy atom. The molecule has 0 unspecified atom stereocenters. The second-order valence-corrected chi connectivity index (χ2v) is 3.94. The highest BCUT2D eigenvalue weighted by molar-refractivity contribution is 6.07. The zero-order valence-electron chi connectivity index (χ0n) is 10.7. The van der Waals surface area contributed by atoms with Crippen molar-refractivity contribution in [3.63, 3.8) is 0 Å². The van der Waals surface area contributed by atoms with Crippen molar-refractivity contribution < 1.29 is 19.1 Å². The molecule has 1 aromatic carbocycles. The maximum Gasteiger partial charge on any atom is 0.339 e. The highest BCUT2D eigenvalue weighted by Gasteiger charge is 2.15. The highest BCUT2D eigenvalue weighted by Crippen LogP contribution is 2.16. The largest absolute Gasteiger partial charge is 0.619 e. The number of nitrogens with one attached hydrogen (secondary N) is 1. The van der Waals surface area contributed by atoms with Gasteiger partial charge in [-0.1, -0.05) is 12.1 Å². The Morgan fingerprint density at radius 3 is 2.65 bits per heavy atom. The van der Waals surface area contributed by atoms with Crippen molar-refractivity contribution in [3.8, 4) is 0 Å². The van der Waals surface area contributed by atoms with Crippen LogP contribution in [-0.4, -0.2) is 19.0 Å². The van der Waals surface area contributed by atoms with Gasteiger partial charge in [0.2, 0.25) is 0 Å². The molecule has 0 saturated carbocycles. The van der Waals surface area contributed by atoms with Crippen LogP contribution in [0.2, 0.25) is 0 Å². The number of esters is 1. The lowest BCUT2D eigenvalue weighted by Crippen LogP contribution is -2.27. The molecule has 20 heavy (non-hydrogen) atoms. The number of rotatable bonds is 3. The Bertz CT molecular complexity index is 655. The van der Waals surface area contributed by atoms with Crippen LogP contribution in [0.4, 0.5) is 5.69 Å². The van der Waals surface area contributed by atoms with Gasteiger partial charge in [-0.25, -0.2) is 4.79 Å². The van der Waals surface area contributed by atoms with E-state index < -0.39 is 11.9 Å². The maximum absolute atomic E-state index is 12.0. The van der Waals surface area contributed by atoms with Crippen molar-refractivity contribution in [2.24, 2.45) is 0 Å². The summed E-state index contributed by atoms with van der Waals surface area (Å²) in [6.45, 7) is 0. The molecule has 2 aromatic rings. The van der Waals surface area contributed by atoms with E-state index in [1.165, 1.54) is 25.4 Å². The number of benzene rings is 1. The lowest BCUT2D eigenvalue weighted by Gasteiger charge is -2.09. The molecular weight excluding hydrogens is 260 g/mol. The number of hydrogen-bond acceptors (Lipinski definition) is 4. The lowest BCUT2D eigenvalue weighted by atomic mass is 10.1. The normalized spacial score (nSPS) is 9.85. The van der Waals surface area contributed by atoms with Crippen LogP contribution < -0.4 is 10.0 Å². The third-order valence-electron chi connectivity index (χ3n) is 2.62. The first-order chi connectivity index (χ1) is 9.61. The summed E-state index contributed by atoms with van der Waals surface area (Å²) in [5.41, 5.74) is 0.766. The van der Waals surface area contributed by atoms with Crippen LogP contribution in [-0.2, 0) is 4.74 Å². The molecule has 0 aliphatic rings. The third kappa shape index (κ3) is 2.92. The van der Waals surface area contributed by atoms with Gasteiger partial charge in [0.25, 0.3) is 5.91 Å². The maximum atomic E-state index is 12.0. The molecule has 1 amide bonds. The van der Waals surface area contributed by atoms with E-state index in [4.69, 9.17) is 0 Å². The zero-order valence-corrected chi connectivity index (χ0v) is 10.7. The van der Waals surface area contributed by atoms with Crippen LogP contribution in [0.3, 0.4) is 0 Å². The minimum atomic E-state index is -0.548. The molecule has 0 aliphatic carbocycles. The van der Waals surface area contributed by atoms with E-state index in [0.717, 1.165) is 6.20 Å². The quantitative estimate of drug-likeness (QED) is 0.519. The van der Waals surface area contributed by atoms with Crippen LogP contribution >= 0.6 is 0 Å². The predicted molar refractivity (Wildman–Crippen MR) is 71.1 cm³/mol. The van der Waals surface area contributed by atoms with E-state index >= 15 is 0 Å². The summed E-state index contributed by atoms with van der Waals surface area (Å²) in [6.07, 6.45) is 2.43. The van der Waals surface area contributed by atoms with Gasteiger partial charge >= 0.3 is 5.97 Å². The number of nitrogens with zero attached hydrogens (tertiary/aromatic N) is 1. The Labute approximate surface area is 115 Å². The van der Waals surface area contributed by atoms with Crippen LogP contribution in [0.5, 0.6) is 0 Å². The smallest absolute Gasteiger partial charge is 0.339 e. The fraction of sp³-hybridized carbons (Fsp3) is 0.0714. The number of amides is 1. The van der Waals surface area contributed by atoms with E-state index in [-0.39, 0.29) is 11.1 Å². The zero-order chi connectivity index (χ0) is 14.5. The molecule has 0 bridgehead atoms.